The van der Waals surface area contributed by atoms with E-state index in [1.807, 2.05) is 0 Å². The highest BCUT2D eigenvalue weighted by atomic mass is 16.6. The third-order valence-electron chi connectivity index (χ3n) is 5.24. The van der Waals surface area contributed by atoms with E-state index in [1.165, 1.54) is 0 Å². The highest BCUT2D eigenvalue weighted by Crippen LogP contribution is 2.44. The molecule has 4 nitrogen and oxygen atoms in total. The molecule has 0 spiro atoms. The molecule has 0 N–H and O–H groups in total. The Balaban J connectivity index is 3.03. The maximum atomic E-state index is 13.0. The molecule has 0 heterocycles. The van der Waals surface area contributed by atoms with Crippen LogP contribution in [0.4, 0.5) is 0 Å². The van der Waals surface area contributed by atoms with Crippen LogP contribution in [-0.2, 0) is 19.1 Å². The Bertz CT molecular complexity index is 428. The zero-order valence-electron chi connectivity index (χ0n) is 16.9. The van der Waals surface area contributed by atoms with E-state index in [4.69, 9.17) is 9.47 Å². The molecular weight excluding hydrogens is 304 g/mol. The summed E-state index contributed by atoms with van der Waals surface area (Å²) in [4.78, 5) is 24.0. The van der Waals surface area contributed by atoms with Crippen molar-refractivity contribution in [2.75, 3.05) is 0 Å². The minimum absolute atomic E-state index is 0.184. The van der Waals surface area contributed by atoms with E-state index in [-0.39, 0.29) is 46.8 Å². The van der Waals surface area contributed by atoms with Gasteiger partial charge in [0.25, 0.3) is 6.47 Å². The molecule has 1 fully saturated rings. The van der Waals surface area contributed by atoms with E-state index in [0.29, 0.717) is 12.4 Å². The molecule has 4 heteroatoms. The van der Waals surface area contributed by atoms with Crippen molar-refractivity contribution in [3.8, 4) is 0 Å². The van der Waals surface area contributed by atoms with Crippen molar-refractivity contribution in [1.82, 2.24) is 0 Å². The first-order chi connectivity index (χ1) is 10.8. The highest BCUT2D eigenvalue weighted by molar-refractivity contribution is 5.74. The Kier molecular flexibility index (Phi) is 6.51. The van der Waals surface area contributed by atoms with Crippen LogP contribution in [0, 0.1) is 34.5 Å². The predicted octanol–water partition coefficient (Wildman–Crippen LogP) is 4.46. The normalized spacial score (nSPS) is 28.3. The Labute approximate surface area is 147 Å². The first-order valence-electron chi connectivity index (χ1n) is 9.10. The zero-order valence-corrected chi connectivity index (χ0v) is 16.9. The molecule has 0 aromatic heterocycles. The van der Waals surface area contributed by atoms with Crippen molar-refractivity contribution in [3.05, 3.63) is 0 Å². The van der Waals surface area contributed by atoms with Gasteiger partial charge in [0.15, 0.2) is 0 Å². The van der Waals surface area contributed by atoms with E-state index < -0.39 is 0 Å². The van der Waals surface area contributed by atoms with Crippen LogP contribution in [0.25, 0.3) is 0 Å². The molecule has 4 atom stereocenters. The third kappa shape index (κ3) is 4.73. The largest absolute Gasteiger partial charge is 0.460 e. The van der Waals surface area contributed by atoms with Gasteiger partial charge in [-0.05, 0) is 29.1 Å². The number of carbonyl (C=O) groups excluding carboxylic acids is 2. The second kappa shape index (κ2) is 7.45. The Morgan fingerprint density at radius 2 is 1.54 bits per heavy atom. The van der Waals surface area contributed by atoms with E-state index in [0.717, 1.165) is 6.42 Å². The summed E-state index contributed by atoms with van der Waals surface area (Å²) in [6.45, 7) is 19.2. The maximum Gasteiger partial charge on any atom is 0.310 e. The van der Waals surface area contributed by atoms with Crippen LogP contribution in [0.15, 0.2) is 0 Å². The van der Waals surface area contributed by atoms with E-state index >= 15 is 0 Å². The SMILES string of the molecule is CC(C)C1CC(C)C(OC(=O)C(C(C)(C)C)C(C)(C)C)C1OC=O. The minimum atomic E-state index is -0.359. The molecule has 1 aliphatic carbocycles. The van der Waals surface area contributed by atoms with E-state index in [1.54, 1.807) is 0 Å². The zero-order chi connectivity index (χ0) is 18.9. The average molecular weight is 341 g/mol. The van der Waals surface area contributed by atoms with Crippen LogP contribution < -0.4 is 0 Å². The van der Waals surface area contributed by atoms with Crippen molar-refractivity contribution in [3.63, 3.8) is 0 Å². The van der Waals surface area contributed by atoms with Crippen molar-refractivity contribution in [2.24, 2.45) is 34.5 Å². The van der Waals surface area contributed by atoms with Gasteiger partial charge in [-0.15, -0.1) is 0 Å². The van der Waals surface area contributed by atoms with Gasteiger partial charge in [-0.2, -0.15) is 0 Å². The molecule has 24 heavy (non-hydrogen) atoms. The molecule has 0 aromatic rings. The number of carbonyl (C=O) groups is 2. The van der Waals surface area contributed by atoms with Gasteiger partial charge in [0.2, 0.25) is 0 Å². The molecule has 1 saturated carbocycles. The Hall–Kier alpha value is -1.06. The lowest BCUT2D eigenvalue weighted by Crippen LogP contribution is -2.44. The second-order valence-electron chi connectivity index (χ2n) is 9.88. The summed E-state index contributed by atoms with van der Waals surface area (Å²) in [6, 6.07) is 0. The summed E-state index contributed by atoms with van der Waals surface area (Å²) < 4.78 is 11.3. The van der Waals surface area contributed by atoms with Crippen LogP contribution in [0.1, 0.15) is 68.7 Å². The molecule has 0 radical (unpaired) electrons. The van der Waals surface area contributed by atoms with Crippen LogP contribution in [-0.4, -0.2) is 24.6 Å². The number of ether oxygens (including phenoxy) is 2. The molecule has 0 saturated heterocycles. The molecule has 4 unspecified atom stereocenters. The third-order valence-corrected chi connectivity index (χ3v) is 5.24. The van der Waals surface area contributed by atoms with E-state index in [2.05, 4.69) is 62.3 Å². The van der Waals surface area contributed by atoms with E-state index in [9.17, 15) is 9.59 Å². The number of rotatable bonds is 5. The molecule has 0 amide bonds. The summed E-state index contributed by atoms with van der Waals surface area (Å²) in [6.07, 6.45) is 0.202. The van der Waals surface area contributed by atoms with Crippen LogP contribution >= 0.6 is 0 Å². The van der Waals surface area contributed by atoms with Crippen LogP contribution in [0.3, 0.4) is 0 Å². The molecule has 140 valence electrons. The lowest BCUT2D eigenvalue weighted by molar-refractivity contribution is -0.175. The van der Waals surface area contributed by atoms with Gasteiger partial charge < -0.3 is 9.47 Å². The standard InChI is InChI=1S/C20H36O4/c1-12(2)14-10-13(3)15(16(14)23-11-21)24-18(22)17(19(4,5)6)20(7,8)9/h11-17H,10H2,1-9H3. The smallest absolute Gasteiger partial charge is 0.310 e. The fourth-order valence-electron chi connectivity index (χ4n) is 4.55. The number of esters is 1. The van der Waals surface area contributed by atoms with Gasteiger partial charge in [0.05, 0.1) is 5.92 Å². The molecule has 0 aromatic carbocycles. The van der Waals surface area contributed by atoms with Crippen molar-refractivity contribution in [1.29, 1.82) is 0 Å². The lowest BCUT2D eigenvalue weighted by Gasteiger charge is -2.39. The summed E-state index contributed by atoms with van der Waals surface area (Å²) in [5.74, 6) is 0.377. The fraction of sp³-hybridized carbons (Fsp3) is 0.900. The molecule has 1 aliphatic rings. The first kappa shape index (κ1) is 21.0. The molecular formula is C20H36O4. The molecule has 0 bridgehead atoms. The van der Waals surface area contributed by atoms with Crippen molar-refractivity contribution >= 4 is 12.4 Å². The molecule has 0 aliphatic heterocycles. The van der Waals surface area contributed by atoms with Gasteiger partial charge >= 0.3 is 5.97 Å². The summed E-state index contributed by atoms with van der Waals surface area (Å²) in [5.41, 5.74) is -0.398. The van der Waals surface area contributed by atoms with Crippen molar-refractivity contribution < 1.29 is 19.1 Å². The summed E-state index contributed by atoms with van der Waals surface area (Å²) in [7, 11) is 0. The van der Waals surface area contributed by atoms with Gasteiger partial charge in [0, 0.05) is 5.92 Å². The lowest BCUT2D eigenvalue weighted by atomic mass is 9.66. The van der Waals surface area contributed by atoms with Crippen molar-refractivity contribution in [2.45, 2.75) is 80.9 Å². The van der Waals surface area contributed by atoms with Gasteiger partial charge in [0.1, 0.15) is 12.2 Å². The van der Waals surface area contributed by atoms with Crippen LogP contribution in [0.2, 0.25) is 0 Å². The fourth-order valence-corrected chi connectivity index (χ4v) is 4.55. The quantitative estimate of drug-likeness (QED) is 0.548. The number of hydrogen-bond acceptors (Lipinski definition) is 4. The Morgan fingerprint density at radius 1 is 1.04 bits per heavy atom. The second-order valence-corrected chi connectivity index (χ2v) is 9.88. The van der Waals surface area contributed by atoms with Gasteiger partial charge in [-0.3, -0.25) is 9.59 Å². The average Bonchev–Trinajstić information content (AvgIpc) is 2.64. The number of hydrogen-bond donors (Lipinski definition) is 0. The first-order valence-corrected chi connectivity index (χ1v) is 9.10. The minimum Gasteiger partial charge on any atom is -0.460 e. The molecule has 1 rings (SSSR count). The Morgan fingerprint density at radius 3 is 1.92 bits per heavy atom. The topological polar surface area (TPSA) is 52.6 Å². The van der Waals surface area contributed by atoms with Gasteiger partial charge in [-0.1, -0.05) is 62.3 Å². The van der Waals surface area contributed by atoms with Gasteiger partial charge in [-0.25, -0.2) is 0 Å². The van der Waals surface area contributed by atoms with Crippen LogP contribution in [0.5, 0.6) is 0 Å². The monoisotopic (exact) mass is 340 g/mol. The summed E-state index contributed by atoms with van der Waals surface area (Å²) in [5, 5.41) is 0. The summed E-state index contributed by atoms with van der Waals surface area (Å²) >= 11 is 0. The maximum absolute atomic E-state index is 13.0. The highest BCUT2D eigenvalue weighted by Gasteiger charge is 2.49. The predicted molar refractivity (Wildman–Crippen MR) is 95.3 cm³/mol.